The van der Waals surface area contributed by atoms with Gasteiger partial charge in [-0.2, -0.15) is 5.26 Å². The smallest absolute Gasteiger partial charge is 0.358 e. The molecule has 0 bridgehead atoms. The van der Waals surface area contributed by atoms with E-state index in [1.165, 1.54) is 23.1 Å². The predicted octanol–water partition coefficient (Wildman–Crippen LogP) is 3.44. The van der Waals surface area contributed by atoms with Gasteiger partial charge >= 0.3 is 5.97 Å². The summed E-state index contributed by atoms with van der Waals surface area (Å²) in [6.07, 6.45) is 1.67. The number of anilines is 2. The first-order chi connectivity index (χ1) is 13.5. The molecule has 2 aromatic rings. The van der Waals surface area contributed by atoms with E-state index in [9.17, 15) is 14.9 Å². The number of para-hydroxylation sites is 1. The SMILES string of the molecule is C=CCNc1nc(C(=O)OCC(=O)C(C#N)=C2Sc3ccccc3N2C)cs1. The molecule has 0 saturated carbocycles. The lowest BCUT2D eigenvalue weighted by Gasteiger charge is -2.14. The second-order valence-electron chi connectivity index (χ2n) is 5.63. The molecule has 7 nitrogen and oxygen atoms in total. The van der Waals surface area contributed by atoms with Crippen LogP contribution in [-0.2, 0) is 9.53 Å². The Balaban J connectivity index is 1.67. The molecule has 2 heterocycles. The fraction of sp³-hybridized carbons (Fsp3) is 0.158. The van der Waals surface area contributed by atoms with Crippen LogP contribution >= 0.6 is 23.1 Å². The van der Waals surface area contributed by atoms with Gasteiger partial charge in [-0.05, 0) is 12.1 Å². The van der Waals surface area contributed by atoms with Crippen LogP contribution in [0.1, 0.15) is 10.5 Å². The Morgan fingerprint density at radius 3 is 2.93 bits per heavy atom. The van der Waals surface area contributed by atoms with Crippen molar-refractivity contribution in [2.75, 3.05) is 30.4 Å². The molecule has 1 aromatic carbocycles. The van der Waals surface area contributed by atoms with Crippen LogP contribution in [-0.4, -0.2) is 36.9 Å². The summed E-state index contributed by atoms with van der Waals surface area (Å²) < 4.78 is 5.06. The molecule has 1 aromatic heterocycles. The number of ether oxygens (including phenoxy) is 1. The average Bonchev–Trinajstić information content (AvgIpc) is 3.31. The van der Waals surface area contributed by atoms with Crippen molar-refractivity contribution in [3.05, 3.63) is 58.6 Å². The van der Waals surface area contributed by atoms with Crippen molar-refractivity contribution in [1.82, 2.24) is 4.98 Å². The minimum atomic E-state index is -0.714. The topological polar surface area (TPSA) is 95.3 Å². The lowest BCUT2D eigenvalue weighted by atomic mass is 10.2. The first-order valence-electron chi connectivity index (χ1n) is 8.20. The van der Waals surface area contributed by atoms with Crippen LogP contribution in [0.4, 0.5) is 10.8 Å². The second kappa shape index (κ2) is 8.73. The second-order valence-corrected chi connectivity index (χ2v) is 7.52. The number of nitriles is 1. The molecule has 0 radical (unpaired) electrons. The van der Waals surface area contributed by atoms with Gasteiger partial charge < -0.3 is 15.0 Å². The number of benzene rings is 1. The zero-order chi connectivity index (χ0) is 20.1. The molecule has 3 rings (SSSR count). The standard InChI is InChI=1S/C19H16N4O3S2/c1-3-8-21-19-22-13(11-27-19)18(25)26-10-15(24)12(9-20)17-23(2)14-6-4-5-7-16(14)28-17/h3-7,11H,1,8,10H2,2H3,(H,21,22). The van der Waals surface area contributed by atoms with Gasteiger partial charge in [0.1, 0.15) is 16.7 Å². The molecule has 142 valence electrons. The number of hydrogen-bond donors (Lipinski definition) is 1. The highest BCUT2D eigenvalue weighted by Crippen LogP contribution is 2.46. The van der Waals surface area contributed by atoms with E-state index in [0.29, 0.717) is 16.7 Å². The molecule has 0 atom stereocenters. The molecular weight excluding hydrogens is 396 g/mol. The van der Waals surface area contributed by atoms with Gasteiger partial charge in [0.25, 0.3) is 0 Å². The van der Waals surface area contributed by atoms with E-state index in [0.717, 1.165) is 10.6 Å². The predicted molar refractivity (Wildman–Crippen MR) is 109 cm³/mol. The Bertz CT molecular complexity index is 1010. The number of Topliss-reactive ketones (excluding diaryl/α,β-unsaturated/α-hetero) is 1. The quantitative estimate of drug-likeness (QED) is 0.320. The summed E-state index contributed by atoms with van der Waals surface area (Å²) in [5.74, 6) is -1.27. The largest absolute Gasteiger partial charge is 0.453 e. The maximum absolute atomic E-state index is 12.5. The maximum Gasteiger partial charge on any atom is 0.358 e. The highest BCUT2D eigenvalue weighted by Gasteiger charge is 2.28. The average molecular weight is 412 g/mol. The molecule has 0 unspecified atom stereocenters. The molecular formula is C19H16N4O3S2. The van der Waals surface area contributed by atoms with E-state index in [1.807, 2.05) is 30.3 Å². The number of nitrogens with zero attached hydrogens (tertiary/aromatic N) is 3. The monoisotopic (exact) mass is 412 g/mol. The molecule has 9 heteroatoms. The third kappa shape index (κ3) is 4.08. The number of carbonyl (C=O) groups is 2. The lowest BCUT2D eigenvalue weighted by molar-refractivity contribution is -0.118. The van der Waals surface area contributed by atoms with Crippen molar-refractivity contribution >= 4 is 45.7 Å². The van der Waals surface area contributed by atoms with E-state index in [-0.39, 0.29) is 11.3 Å². The van der Waals surface area contributed by atoms with Crippen molar-refractivity contribution in [2.45, 2.75) is 4.90 Å². The van der Waals surface area contributed by atoms with E-state index in [4.69, 9.17) is 4.74 Å². The molecule has 28 heavy (non-hydrogen) atoms. The number of fused-ring (bicyclic) bond motifs is 1. The number of esters is 1. The van der Waals surface area contributed by atoms with Gasteiger partial charge in [-0.3, -0.25) is 4.79 Å². The summed E-state index contributed by atoms with van der Waals surface area (Å²) in [7, 11) is 1.79. The zero-order valence-electron chi connectivity index (χ0n) is 15.0. The fourth-order valence-corrected chi connectivity index (χ4v) is 4.29. The van der Waals surface area contributed by atoms with Crippen molar-refractivity contribution in [3.63, 3.8) is 0 Å². The van der Waals surface area contributed by atoms with Crippen LogP contribution in [0.5, 0.6) is 0 Å². The Kier molecular flexibility index (Phi) is 6.13. The molecule has 1 aliphatic heterocycles. The normalized spacial score (nSPS) is 14.1. The number of thioether (sulfide) groups is 1. The molecule has 0 saturated heterocycles. The van der Waals surface area contributed by atoms with Crippen molar-refractivity contribution < 1.29 is 14.3 Å². The zero-order valence-corrected chi connectivity index (χ0v) is 16.6. The third-order valence-electron chi connectivity index (χ3n) is 3.79. The van der Waals surface area contributed by atoms with Gasteiger partial charge in [-0.25, -0.2) is 9.78 Å². The summed E-state index contributed by atoms with van der Waals surface area (Å²) in [6.45, 7) is 3.59. The number of aromatic nitrogens is 1. The molecule has 0 amide bonds. The summed E-state index contributed by atoms with van der Waals surface area (Å²) >= 11 is 2.59. The highest BCUT2D eigenvalue weighted by molar-refractivity contribution is 8.03. The first kappa shape index (κ1) is 19.7. The minimum Gasteiger partial charge on any atom is -0.453 e. The third-order valence-corrected chi connectivity index (χ3v) is 5.82. The highest BCUT2D eigenvalue weighted by atomic mass is 32.2. The lowest BCUT2D eigenvalue weighted by Crippen LogP contribution is -2.20. The van der Waals surface area contributed by atoms with Crippen LogP contribution in [0.2, 0.25) is 0 Å². The van der Waals surface area contributed by atoms with E-state index < -0.39 is 18.4 Å². The Hall–Kier alpha value is -3.09. The van der Waals surface area contributed by atoms with Crippen LogP contribution in [0.15, 0.2) is 57.8 Å². The number of hydrogen-bond acceptors (Lipinski definition) is 9. The number of thiazole rings is 1. The maximum atomic E-state index is 12.5. The first-order valence-corrected chi connectivity index (χ1v) is 9.90. The van der Waals surface area contributed by atoms with Gasteiger partial charge in [0.2, 0.25) is 5.78 Å². The molecule has 0 spiro atoms. The van der Waals surface area contributed by atoms with Crippen LogP contribution in [0.25, 0.3) is 0 Å². The van der Waals surface area contributed by atoms with Gasteiger partial charge in [-0.15, -0.1) is 17.9 Å². The Labute approximate surface area is 170 Å². The molecule has 0 fully saturated rings. The van der Waals surface area contributed by atoms with Gasteiger partial charge in [0.05, 0.1) is 5.69 Å². The number of carbonyl (C=O) groups excluding carboxylic acids is 2. The van der Waals surface area contributed by atoms with Crippen LogP contribution in [0.3, 0.4) is 0 Å². The van der Waals surface area contributed by atoms with Crippen molar-refractivity contribution in [2.24, 2.45) is 0 Å². The van der Waals surface area contributed by atoms with Gasteiger partial charge in [0.15, 0.2) is 17.4 Å². The van der Waals surface area contributed by atoms with Crippen molar-refractivity contribution in [3.8, 4) is 6.07 Å². The summed E-state index contributed by atoms with van der Waals surface area (Å²) in [5, 5.41) is 15.1. The molecule has 0 aliphatic carbocycles. The molecule has 1 aliphatic rings. The number of nitrogens with one attached hydrogen (secondary N) is 1. The van der Waals surface area contributed by atoms with Gasteiger partial charge in [-0.1, -0.05) is 30.0 Å². The molecule has 1 N–H and O–H groups in total. The van der Waals surface area contributed by atoms with E-state index in [1.54, 1.807) is 23.4 Å². The van der Waals surface area contributed by atoms with E-state index in [2.05, 4.69) is 16.9 Å². The van der Waals surface area contributed by atoms with Crippen LogP contribution < -0.4 is 10.2 Å². The minimum absolute atomic E-state index is 0.0388. The summed E-state index contributed by atoms with van der Waals surface area (Å²) in [6, 6.07) is 9.56. The summed E-state index contributed by atoms with van der Waals surface area (Å²) in [4.78, 5) is 31.5. The fourth-order valence-electron chi connectivity index (χ4n) is 2.44. The Morgan fingerprint density at radius 2 is 2.21 bits per heavy atom. The summed E-state index contributed by atoms with van der Waals surface area (Å²) in [5.41, 5.74) is 0.987. The van der Waals surface area contributed by atoms with Gasteiger partial charge in [0, 0.05) is 23.9 Å². The number of rotatable bonds is 7. The number of ketones is 1. The van der Waals surface area contributed by atoms with E-state index >= 15 is 0 Å². The van der Waals surface area contributed by atoms with Crippen molar-refractivity contribution in [1.29, 1.82) is 5.26 Å². The Morgan fingerprint density at radius 1 is 1.43 bits per heavy atom. The van der Waals surface area contributed by atoms with Crippen LogP contribution in [0, 0.1) is 11.3 Å².